The lowest BCUT2D eigenvalue weighted by molar-refractivity contribution is -0.158. The monoisotopic (exact) mass is 228 g/mol. The van der Waals surface area contributed by atoms with Gasteiger partial charge in [0, 0.05) is 0 Å². The maximum absolute atomic E-state index is 11.8. The van der Waals surface area contributed by atoms with Gasteiger partial charge in [-0.15, -0.1) is 0 Å². The molecule has 0 aliphatic carbocycles. The smallest absolute Gasteiger partial charge is 0.323 e. The lowest BCUT2D eigenvalue weighted by atomic mass is 9.92. The van der Waals surface area contributed by atoms with Crippen molar-refractivity contribution in [1.82, 2.24) is 5.32 Å². The molecule has 4 heteroatoms. The summed E-state index contributed by atoms with van der Waals surface area (Å²) in [4.78, 5) is 11.8. The highest BCUT2D eigenvalue weighted by Gasteiger charge is 2.29. The molecule has 0 saturated carbocycles. The molecule has 0 aromatic heterocycles. The topological polar surface area (TPSA) is 64.3 Å². The summed E-state index contributed by atoms with van der Waals surface area (Å²) in [5.74, 6) is -0.00995. The standard InChI is InChI=1S/C12H24N2O2/c1-12(2,3)16-11(15)10(13)9-5-4-7-14-8-6-9/h9-10,14H,4-8,13H2,1-3H3. The fourth-order valence-corrected chi connectivity index (χ4v) is 1.97. The number of nitrogens with two attached hydrogens (primary N) is 1. The van der Waals surface area contributed by atoms with E-state index in [-0.39, 0.29) is 11.9 Å². The van der Waals surface area contributed by atoms with Gasteiger partial charge in [-0.25, -0.2) is 0 Å². The van der Waals surface area contributed by atoms with Gasteiger partial charge in [0.05, 0.1) is 0 Å². The van der Waals surface area contributed by atoms with Gasteiger partial charge < -0.3 is 15.8 Å². The predicted octanol–water partition coefficient (Wildman–Crippen LogP) is 1.05. The fourth-order valence-electron chi connectivity index (χ4n) is 1.97. The maximum atomic E-state index is 11.8. The van der Waals surface area contributed by atoms with E-state index in [1.165, 1.54) is 0 Å². The second kappa shape index (κ2) is 5.64. The van der Waals surface area contributed by atoms with Crippen molar-refractivity contribution >= 4 is 5.97 Å². The molecule has 0 spiro atoms. The largest absolute Gasteiger partial charge is 0.459 e. The molecule has 94 valence electrons. The van der Waals surface area contributed by atoms with Gasteiger partial charge in [0.1, 0.15) is 11.6 Å². The van der Waals surface area contributed by atoms with Crippen molar-refractivity contribution < 1.29 is 9.53 Å². The highest BCUT2D eigenvalue weighted by molar-refractivity contribution is 5.76. The van der Waals surface area contributed by atoms with Crippen LogP contribution in [0.4, 0.5) is 0 Å². The zero-order valence-electron chi connectivity index (χ0n) is 10.6. The Kier molecular flexibility index (Phi) is 4.74. The van der Waals surface area contributed by atoms with Crippen LogP contribution in [-0.2, 0) is 9.53 Å². The number of rotatable bonds is 2. The van der Waals surface area contributed by atoms with Crippen molar-refractivity contribution in [2.24, 2.45) is 11.7 Å². The third-order valence-electron chi connectivity index (χ3n) is 2.81. The van der Waals surface area contributed by atoms with Gasteiger partial charge in [-0.3, -0.25) is 4.79 Å². The quantitative estimate of drug-likeness (QED) is 0.693. The lowest BCUT2D eigenvalue weighted by Gasteiger charge is -2.26. The van der Waals surface area contributed by atoms with Gasteiger partial charge in [0.15, 0.2) is 0 Å². The third-order valence-corrected chi connectivity index (χ3v) is 2.81. The molecule has 0 amide bonds. The summed E-state index contributed by atoms with van der Waals surface area (Å²) in [6, 6.07) is -0.473. The van der Waals surface area contributed by atoms with Gasteiger partial charge in [-0.1, -0.05) is 0 Å². The van der Waals surface area contributed by atoms with Crippen molar-refractivity contribution in [2.75, 3.05) is 13.1 Å². The first kappa shape index (κ1) is 13.5. The van der Waals surface area contributed by atoms with E-state index in [1.54, 1.807) is 0 Å². The lowest BCUT2D eigenvalue weighted by Crippen LogP contribution is -2.42. The van der Waals surface area contributed by atoms with E-state index in [1.807, 2.05) is 20.8 Å². The molecule has 1 rings (SSSR count). The first-order valence-electron chi connectivity index (χ1n) is 6.09. The van der Waals surface area contributed by atoms with Crippen molar-refractivity contribution in [3.63, 3.8) is 0 Å². The number of hydrogen-bond acceptors (Lipinski definition) is 4. The second-order valence-corrected chi connectivity index (χ2v) is 5.50. The second-order valence-electron chi connectivity index (χ2n) is 5.50. The number of esters is 1. The molecule has 1 fully saturated rings. The average Bonchev–Trinajstić information content (AvgIpc) is 2.41. The first-order valence-corrected chi connectivity index (χ1v) is 6.09. The molecular formula is C12H24N2O2. The van der Waals surface area contributed by atoms with Gasteiger partial charge >= 0.3 is 5.97 Å². The van der Waals surface area contributed by atoms with Gasteiger partial charge in [-0.05, 0) is 59.0 Å². The van der Waals surface area contributed by atoms with Crippen LogP contribution in [0.5, 0.6) is 0 Å². The van der Waals surface area contributed by atoms with Crippen LogP contribution in [0.25, 0.3) is 0 Å². The van der Waals surface area contributed by atoms with Crippen molar-refractivity contribution in [2.45, 2.75) is 51.7 Å². The summed E-state index contributed by atoms with van der Waals surface area (Å²) in [6.45, 7) is 7.57. The first-order chi connectivity index (χ1) is 7.40. The van der Waals surface area contributed by atoms with E-state index in [0.29, 0.717) is 0 Å². The summed E-state index contributed by atoms with van der Waals surface area (Å²) in [7, 11) is 0. The van der Waals surface area contributed by atoms with E-state index in [9.17, 15) is 4.79 Å². The summed E-state index contributed by atoms with van der Waals surface area (Å²) in [6.07, 6.45) is 3.05. The molecule has 1 aliphatic rings. The van der Waals surface area contributed by atoms with Crippen LogP contribution >= 0.6 is 0 Å². The zero-order chi connectivity index (χ0) is 12.2. The van der Waals surface area contributed by atoms with Gasteiger partial charge in [-0.2, -0.15) is 0 Å². The minimum Gasteiger partial charge on any atom is -0.459 e. The fraction of sp³-hybridized carbons (Fsp3) is 0.917. The Morgan fingerprint density at radius 2 is 2.06 bits per heavy atom. The SMILES string of the molecule is CC(C)(C)OC(=O)C(N)C1CCCNCC1. The number of carbonyl (C=O) groups is 1. The zero-order valence-corrected chi connectivity index (χ0v) is 10.6. The molecule has 2 unspecified atom stereocenters. The molecule has 0 bridgehead atoms. The number of carbonyl (C=O) groups excluding carboxylic acids is 1. The Labute approximate surface area is 97.9 Å². The van der Waals surface area contributed by atoms with Crippen molar-refractivity contribution in [3.05, 3.63) is 0 Å². The Hall–Kier alpha value is -0.610. The summed E-state index contributed by atoms with van der Waals surface area (Å²) >= 11 is 0. The molecule has 1 heterocycles. The van der Waals surface area contributed by atoms with Crippen LogP contribution < -0.4 is 11.1 Å². The number of hydrogen-bond donors (Lipinski definition) is 2. The van der Waals surface area contributed by atoms with Crippen molar-refractivity contribution in [1.29, 1.82) is 0 Å². The van der Waals surface area contributed by atoms with Gasteiger partial charge in [0.2, 0.25) is 0 Å². The molecule has 0 radical (unpaired) electrons. The third kappa shape index (κ3) is 4.49. The molecule has 3 N–H and O–H groups in total. The van der Waals surface area contributed by atoms with Crippen LogP contribution in [0.15, 0.2) is 0 Å². The molecule has 0 aromatic carbocycles. The molecule has 1 saturated heterocycles. The Morgan fingerprint density at radius 1 is 1.38 bits per heavy atom. The highest BCUT2D eigenvalue weighted by Crippen LogP contribution is 2.19. The van der Waals surface area contributed by atoms with Crippen LogP contribution in [0.1, 0.15) is 40.0 Å². The minimum absolute atomic E-state index is 0.254. The summed E-state index contributed by atoms with van der Waals surface area (Å²) < 4.78 is 5.31. The molecule has 2 atom stereocenters. The van der Waals surface area contributed by atoms with E-state index < -0.39 is 11.6 Å². The molecule has 0 aromatic rings. The average molecular weight is 228 g/mol. The minimum atomic E-state index is -0.473. The Balaban J connectivity index is 2.48. The normalized spacial score (nSPS) is 24.6. The highest BCUT2D eigenvalue weighted by atomic mass is 16.6. The van der Waals surface area contributed by atoms with E-state index in [2.05, 4.69) is 5.32 Å². The molecular weight excluding hydrogens is 204 g/mol. The number of ether oxygens (including phenoxy) is 1. The van der Waals surface area contributed by atoms with Gasteiger partial charge in [0.25, 0.3) is 0 Å². The summed E-state index contributed by atoms with van der Waals surface area (Å²) in [5.41, 5.74) is 5.52. The Morgan fingerprint density at radius 3 is 2.69 bits per heavy atom. The number of nitrogens with one attached hydrogen (secondary N) is 1. The van der Waals surface area contributed by atoms with Crippen LogP contribution in [0, 0.1) is 5.92 Å². The predicted molar refractivity (Wildman–Crippen MR) is 64.0 cm³/mol. The van der Waals surface area contributed by atoms with E-state index in [0.717, 1.165) is 32.4 Å². The van der Waals surface area contributed by atoms with Crippen LogP contribution in [-0.4, -0.2) is 30.7 Å². The molecule has 1 aliphatic heterocycles. The molecule has 16 heavy (non-hydrogen) atoms. The van der Waals surface area contributed by atoms with E-state index >= 15 is 0 Å². The maximum Gasteiger partial charge on any atom is 0.323 e. The van der Waals surface area contributed by atoms with Crippen LogP contribution in [0.3, 0.4) is 0 Å². The van der Waals surface area contributed by atoms with Crippen LogP contribution in [0.2, 0.25) is 0 Å². The Bertz CT molecular complexity index is 228. The summed E-state index contributed by atoms with van der Waals surface area (Å²) in [5, 5.41) is 3.31. The van der Waals surface area contributed by atoms with Crippen molar-refractivity contribution in [3.8, 4) is 0 Å². The van der Waals surface area contributed by atoms with E-state index in [4.69, 9.17) is 10.5 Å². The molecule has 4 nitrogen and oxygen atoms in total.